The molecule has 1 unspecified atom stereocenters. The van der Waals surface area contributed by atoms with Crippen LogP contribution in [0.4, 0.5) is 15.8 Å². The molecule has 196 valence electrons. The Morgan fingerprint density at radius 2 is 1.53 bits per heavy atom. The molecular formula is C28H26ClFN4O4. The fourth-order valence-corrected chi connectivity index (χ4v) is 5.09. The highest BCUT2D eigenvalue weighted by molar-refractivity contribution is 6.30. The van der Waals surface area contributed by atoms with Crippen LogP contribution >= 0.6 is 11.6 Å². The van der Waals surface area contributed by atoms with Crippen molar-refractivity contribution in [1.29, 1.82) is 0 Å². The van der Waals surface area contributed by atoms with Gasteiger partial charge < -0.3 is 15.5 Å². The fourth-order valence-electron chi connectivity index (χ4n) is 4.97. The topological polar surface area (TPSA) is 101 Å². The highest BCUT2D eigenvalue weighted by Crippen LogP contribution is 2.49. The Kier molecular flexibility index (Phi) is 7.28. The zero-order chi connectivity index (χ0) is 26.8. The van der Waals surface area contributed by atoms with E-state index in [0.29, 0.717) is 29.5 Å². The number of hydrogen-bond acceptors (Lipinski definition) is 4. The van der Waals surface area contributed by atoms with E-state index in [0.717, 1.165) is 25.3 Å². The van der Waals surface area contributed by atoms with Gasteiger partial charge in [0, 0.05) is 42.1 Å². The van der Waals surface area contributed by atoms with Gasteiger partial charge in [0.15, 0.2) is 0 Å². The maximum Gasteiger partial charge on any atom is 0.255 e. The molecule has 2 N–H and O–H groups in total. The largest absolute Gasteiger partial charge is 0.342 e. The van der Waals surface area contributed by atoms with Crippen LogP contribution in [-0.2, 0) is 14.4 Å². The number of likely N-dealkylation sites (tertiary alicyclic amines) is 1. The Bertz CT molecular complexity index is 1440. The van der Waals surface area contributed by atoms with Crippen LogP contribution in [0.1, 0.15) is 19.3 Å². The second kappa shape index (κ2) is 10.8. The summed E-state index contributed by atoms with van der Waals surface area (Å²) >= 11 is 5.92. The van der Waals surface area contributed by atoms with Crippen LogP contribution in [0.25, 0.3) is 5.69 Å². The van der Waals surface area contributed by atoms with Gasteiger partial charge in [0.2, 0.25) is 17.7 Å². The highest BCUT2D eigenvalue weighted by Gasteiger charge is 2.63. The maximum atomic E-state index is 14.9. The predicted octanol–water partition coefficient (Wildman–Crippen LogP) is 4.08. The number of aromatic nitrogens is 1. The van der Waals surface area contributed by atoms with Crippen molar-refractivity contribution < 1.29 is 18.8 Å². The van der Waals surface area contributed by atoms with Crippen molar-refractivity contribution in [3.05, 3.63) is 88.1 Å². The molecule has 1 aromatic heterocycles. The number of anilines is 2. The summed E-state index contributed by atoms with van der Waals surface area (Å²) in [6.45, 7) is 1.17. The van der Waals surface area contributed by atoms with Gasteiger partial charge in [-0.2, -0.15) is 0 Å². The molecule has 5 rings (SSSR count). The molecule has 1 saturated heterocycles. The van der Waals surface area contributed by atoms with Gasteiger partial charge in [0.25, 0.3) is 5.56 Å². The molecule has 2 heterocycles. The number of nitrogens with zero attached hydrogens (tertiary/aromatic N) is 2. The maximum absolute atomic E-state index is 14.9. The second-order valence-electron chi connectivity index (χ2n) is 9.52. The van der Waals surface area contributed by atoms with Gasteiger partial charge >= 0.3 is 0 Å². The SMILES string of the molecule is O=C(Nc1ccc(-n2ccccc2=O)cc1F)[C@@H]1C(C(=O)N2CCCCC2)[C@@H]1C(=O)Nc1ccc(Cl)cc1. The first-order valence-corrected chi connectivity index (χ1v) is 12.8. The van der Waals surface area contributed by atoms with Gasteiger partial charge in [0.1, 0.15) is 5.82 Å². The minimum atomic E-state index is -0.937. The van der Waals surface area contributed by atoms with Gasteiger partial charge in [0.05, 0.1) is 29.1 Å². The van der Waals surface area contributed by atoms with Crippen LogP contribution < -0.4 is 16.2 Å². The van der Waals surface area contributed by atoms with E-state index in [-0.39, 0.29) is 17.2 Å². The van der Waals surface area contributed by atoms with Crippen molar-refractivity contribution in [2.45, 2.75) is 19.3 Å². The number of carbonyl (C=O) groups excluding carboxylic acids is 3. The number of benzene rings is 2. The van der Waals surface area contributed by atoms with Gasteiger partial charge in [-0.15, -0.1) is 0 Å². The third kappa shape index (κ3) is 5.33. The van der Waals surface area contributed by atoms with Gasteiger partial charge in [-0.05, 0) is 61.7 Å². The molecule has 1 saturated carbocycles. The van der Waals surface area contributed by atoms with E-state index >= 15 is 0 Å². The molecule has 3 aromatic rings. The van der Waals surface area contributed by atoms with Crippen molar-refractivity contribution in [2.75, 3.05) is 23.7 Å². The van der Waals surface area contributed by atoms with Crippen LogP contribution in [-0.4, -0.2) is 40.3 Å². The molecule has 10 heteroatoms. The van der Waals surface area contributed by atoms with Crippen molar-refractivity contribution in [2.24, 2.45) is 17.8 Å². The number of hydrogen-bond donors (Lipinski definition) is 2. The van der Waals surface area contributed by atoms with Crippen molar-refractivity contribution >= 4 is 40.7 Å². The molecule has 1 aliphatic heterocycles. The highest BCUT2D eigenvalue weighted by atomic mass is 35.5. The van der Waals surface area contributed by atoms with Crippen molar-refractivity contribution in [1.82, 2.24) is 9.47 Å². The monoisotopic (exact) mass is 536 g/mol. The molecule has 3 atom stereocenters. The summed E-state index contributed by atoms with van der Waals surface area (Å²) in [6, 6.07) is 15.1. The molecule has 2 aromatic carbocycles. The predicted molar refractivity (Wildman–Crippen MR) is 142 cm³/mol. The first-order chi connectivity index (χ1) is 18.3. The summed E-state index contributed by atoms with van der Waals surface area (Å²) < 4.78 is 16.2. The van der Waals surface area contributed by atoms with E-state index < -0.39 is 35.4 Å². The summed E-state index contributed by atoms with van der Waals surface area (Å²) in [4.78, 5) is 53.4. The number of piperidine rings is 1. The summed E-state index contributed by atoms with van der Waals surface area (Å²) in [6.07, 6.45) is 4.29. The lowest BCUT2D eigenvalue weighted by Gasteiger charge is -2.27. The van der Waals surface area contributed by atoms with Crippen molar-refractivity contribution in [3.8, 4) is 5.69 Å². The number of carbonyl (C=O) groups is 3. The number of halogens is 2. The lowest BCUT2D eigenvalue weighted by Crippen LogP contribution is -2.38. The summed E-state index contributed by atoms with van der Waals surface area (Å²) in [7, 11) is 0. The summed E-state index contributed by atoms with van der Waals surface area (Å²) in [5.74, 6) is -4.69. The van der Waals surface area contributed by atoms with Crippen molar-refractivity contribution in [3.63, 3.8) is 0 Å². The van der Waals surface area contributed by atoms with Crippen LogP contribution in [0.5, 0.6) is 0 Å². The van der Waals surface area contributed by atoms with Crippen LogP contribution in [0.3, 0.4) is 0 Å². The lowest BCUT2D eigenvalue weighted by atomic mass is 10.1. The Morgan fingerprint density at radius 3 is 2.18 bits per heavy atom. The van der Waals surface area contributed by atoms with Crippen LogP contribution in [0, 0.1) is 23.6 Å². The molecule has 0 spiro atoms. The van der Waals surface area contributed by atoms with E-state index in [1.54, 1.807) is 41.3 Å². The average molecular weight is 537 g/mol. The van der Waals surface area contributed by atoms with E-state index in [2.05, 4.69) is 10.6 Å². The zero-order valence-electron chi connectivity index (χ0n) is 20.4. The standard InChI is InChI=1S/C28H26ClFN4O4/c29-17-7-9-18(10-8-17)31-26(36)23-24(25(23)28(38)33-13-3-1-4-14-33)27(37)32-21-12-11-19(16-20(21)30)34-15-5-2-6-22(34)35/h2,5-12,15-16,23-25H,1,3-4,13-14H2,(H,31,36)(H,32,37)/t23-,24+,25?/m1/s1. The first-order valence-electron chi connectivity index (χ1n) is 12.5. The zero-order valence-corrected chi connectivity index (χ0v) is 21.2. The molecule has 38 heavy (non-hydrogen) atoms. The average Bonchev–Trinajstić information content (AvgIpc) is 3.68. The van der Waals surface area contributed by atoms with Gasteiger partial charge in [-0.1, -0.05) is 17.7 Å². The molecular weight excluding hydrogens is 511 g/mol. The quantitative estimate of drug-likeness (QED) is 0.496. The van der Waals surface area contributed by atoms with Gasteiger partial charge in [-0.3, -0.25) is 23.7 Å². The number of pyridine rings is 1. The minimum Gasteiger partial charge on any atom is -0.342 e. The van der Waals surface area contributed by atoms with Crippen LogP contribution in [0.2, 0.25) is 5.02 Å². The Labute approximate surface area is 223 Å². The minimum absolute atomic E-state index is 0.101. The summed E-state index contributed by atoms with van der Waals surface area (Å²) in [5, 5.41) is 5.80. The first kappa shape index (κ1) is 25.7. The Balaban J connectivity index is 1.34. The van der Waals surface area contributed by atoms with Gasteiger partial charge in [-0.25, -0.2) is 4.39 Å². The fraction of sp³-hybridized carbons (Fsp3) is 0.286. The molecule has 2 aliphatic rings. The van der Waals surface area contributed by atoms with E-state index in [1.165, 1.54) is 29.0 Å². The third-order valence-electron chi connectivity index (χ3n) is 7.00. The molecule has 0 bridgehead atoms. The molecule has 1 aliphatic carbocycles. The van der Waals surface area contributed by atoms with E-state index in [1.807, 2.05) is 0 Å². The molecule has 0 radical (unpaired) electrons. The summed E-state index contributed by atoms with van der Waals surface area (Å²) in [5.41, 5.74) is 0.370. The number of amides is 3. The van der Waals surface area contributed by atoms with Crippen LogP contribution in [0.15, 0.2) is 71.7 Å². The molecule has 2 fully saturated rings. The Morgan fingerprint density at radius 1 is 0.842 bits per heavy atom. The smallest absolute Gasteiger partial charge is 0.255 e. The number of rotatable bonds is 6. The van der Waals surface area contributed by atoms with E-state index in [4.69, 9.17) is 11.6 Å². The van der Waals surface area contributed by atoms with E-state index in [9.17, 15) is 23.6 Å². The normalized spacial score (nSPS) is 20.5. The Hall–Kier alpha value is -3.98. The molecule has 3 amide bonds. The molecule has 8 nitrogen and oxygen atoms in total. The number of nitrogens with one attached hydrogen (secondary N) is 2. The third-order valence-corrected chi connectivity index (χ3v) is 7.25. The second-order valence-corrected chi connectivity index (χ2v) is 9.96. The lowest BCUT2D eigenvalue weighted by molar-refractivity contribution is -0.135.